The highest BCUT2D eigenvalue weighted by Crippen LogP contribution is 2.19. The fourth-order valence-corrected chi connectivity index (χ4v) is 2.14. The van der Waals surface area contributed by atoms with Crippen LogP contribution in [-0.4, -0.2) is 30.9 Å². The number of hydrogen-bond acceptors (Lipinski definition) is 4. The first kappa shape index (κ1) is 27.7. The summed E-state index contributed by atoms with van der Waals surface area (Å²) in [6, 6.07) is 7.08. The minimum atomic E-state index is -4.95. The Labute approximate surface area is 171 Å². The summed E-state index contributed by atoms with van der Waals surface area (Å²) in [6.07, 6.45) is -1.55. The van der Waals surface area contributed by atoms with Gasteiger partial charge in [-0.25, -0.2) is 9.59 Å². The normalized spacial score (nSPS) is 11.3. The summed E-state index contributed by atoms with van der Waals surface area (Å²) in [7, 11) is 0. The highest BCUT2D eigenvalue weighted by molar-refractivity contribution is 5.78. The molecule has 0 saturated heterocycles. The summed E-state index contributed by atoms with van der Waals surface area (Å²) in [6.45, 7) is 2.02. The Morgan fingerprint density at radius 1 is 0.733 bits per heavy atom. The van der Waals surface area contributed by atoms with Gasteiger partial charge in [-0.05, 0) is 18.6 Å². The molecule has 0 saturated carbocycles. The van der Waals surface area contributed by atoms with Gasteiger partial charge in [0.05, 0.1) is 6.61 Å². The van der Waals surface area contributed by atoms with E-state index in [0.29, 0.717) is 6.42 Å². The number of carbonyl (C=O) groups is 2. The van der Waals surface area contributed by atoms with Gasteiger partial charge in [-0.15, -0.1) is 0 Å². The number of esters is 2. The third-order valence-electron chi connectivity index (χ3n) is 3.65. The maximum absolute atomic E-state index is 11.7. The fourth-order valence-electron chi connectivity index (χ4n) is 2.14. The van der Waals surface area contributed by atoms with Crippen molar-refractivity contribution in [3.63, 3.8) is 0 Å². The maximum Gasteiger partial charge on any atom is 0.491 e. The number of rotatable bonds is 10. The molecule has 1 aromatic rings. The molecule has 0 radical (unpaired) electrons. The third-order valence-corrected chi connectivity index (χ3v) is 3.65. The van der Waals surface area contributed by atoms with Gasteiger partial charge >= 0.3 is 24.3 Å². The predicted octanol–water partition coefficient (Wildman–Crippen LogP) is 6.39. The minimum Gasteiger partial charge on any atom is -0.459 e. The average Bonchev–Trinajstić information content (AvgIpc) is 2.66. The van der Waals surface area contributed by atoms with E-state index in [4.69, 9.17) is 0 Å². The van der Waals surface area contributed by atoms with Crippen molar-refractivity contribution in [3.8, 4) is 5.75 Å². The average molecular weight is 444 g/mol. The molecule has 0 bridgehead atoms. The van der Waals surface area contributed by atoms with Gasteiger partial charge in [-0.2, -0.15) is 26.3 Å². The van der Waals surface area contributed by atoms with Gasteiger partial charge < -0.3 is 9.47 Å². The molecule has 10 heteroatoms. The van der Waals surface area contributed by atoms with E-state index in [1.807, 2.05) is 0 Å². The molecule has 0 N–H and O–H groups in total. The van der Waals surface area contributed by atoms with Crippen molar-refractivity contribution in [1.82, 2.24) is 0 Å². The van der Waals surface area contributed by atoms with Crippen molar-refractivity contribution in [3.05, 3.63) is 30.3 Å². The highest BCUT2D eigenvalue weighted by Gasteiger charge is 2.41. The second kappa shape index (κ2) is 14.7. The Balaban J connectivity index is 0.000000579. The lowest BCUT2D eigenvalue weighted by Crippen LogP contribution is -2.27. The summed E-state index contributed by atoms with van der Waals surface area (Å²) in [5.74, 6) is -4.41. The second-order valence-corrected chi connectivity index (χ2v) is 6.31. The van der Waals surface area contributed by atoms with Crippen molar-refractivity contribution in [1.29, 1.82) is 0 Å². The number of hydrogen-bond donors (Lipinski definition) is 0. The lowest BCUT2D eigenvalue weighted by Gasteiger charge is -2.06. The fraction of sp³-hybridized carbons (Fsp3) is 0.600. The van der Waals surface area contributed by atoms with E-state index in [-0.39, 0.29) is 12.4 Å². The molecular formula is C20H26F6O4. The molecule has 4 nitrogen and oxygen atoms in total. The van der Waals surface area contributed by atoms with Gasteiger partial charge in [0.25, 0.3) is 0 Å². The molecule has 1 aromatic carbocycles. The molecule has 0 aromatic heterocycles. The Morgan fingerprint density at radius 3 is 1.67 bits per heavy atom. The first-order valence-electron chi connectivity index (χ1n) is 9.56. The van der Waals surface area contributed by atoms with Crippen molar-refractivity contribution in [2.45, 2.75) is 70.6 Å². The van der Waals surface area contributed by atoms with Crippen LogP contribution in [0.2, 0.25) is 0 Å². The van der Waals surface area contributed by atoms with Crippen LogP contribution in [0, 0.1) is 0 Å². The summed E-state index contributed by atoms with van der Waals surface area (Å²) >= 11 is 0. The molecule has 0 atom stereocenters. The Morgan fingerprint density at radius 2 is 1.20 bits per heavy atom. The lowest BCUT2D eigenvalue weighted by atomic mass is 10.1. The molecule has 0 unspecified atom stereocenters. The van der Waals surface area contributed by atoms with Gasteiger partial charge in [0.15, 0.2) is 0 Å². The lowest BCUT2D eigenvalue weighted by molar-refractivity contribution is -0.199. The predicted molar refractivity (Wildman–Crippen MR) is 97.8 cm³/mol. The smallest absolute Gasteiger partial charge is 0.459 e. The molecular weight excluding hydrogens is 418 g/mol. The second-order valence-electron chi connectivity index (χ2n) is 6.31. The zero-order valence-corrected chi connectivity index (χ0v) is 16.7. The molecule has 1 rings (SSSR count). The van der Waals surface area contributed by atoms with Gasteiger partial charge in [0.1, 0.15) is 5.75 Å². The summed E-state index contributed by atoms with van der Waals surface area (Å²) in [5, 5.41) is 0. The third kappa shape index (κ3) is 14.7. The van der Waals surface area contributed by atoms with Crippen LogP contribution < -0.4 is 4.74 Å². The van der Waals surface area contributed by atoms with E-state index in [1.54, 1.807) is 6.07 Å². The van der Waals surface area contributed by atoms with Crippen LogP contribution >= 0.6 is 0 Å². The number of para-hydroxylation sites is 1. The number of halogens is 6. The largest absolute Gasteiger partial charge is 0.491 e. The van der Waals surface area contributed by atoms with Crippen LogP contribution in [0.1, 0.15) is 58.3 Å². The van der Waals surface area contributed by atoms with E-state index < -0.39 is 24.3 Å². The van der Waals surface area contributed by atoms with E-state index in [1.165, 1.54) is 49.9 Å². The number of ether oxygens (including phenoxy) is 2. The molecule has 30 heavy (non-hydrogen) atoms. The first-order chi connectivity index (χ1) is 14.0. The number of benzene rings is 1. The molecule has 172 valence electrons. The quantitative estimate of drug-likeness (QED) is 0.182. The maximum atomic E-state index is 11.7. The number of carbonyl (C=O) groups excluding carboxylic acids is 2. The van der Waals surface area contributed by atoms with Crippen LogP contribution in [0.15, 0.2) is 30.3 Å². The summed E-state index contributed by atoms with van der Waals surface area (Å²) in [4.78, 5) is 20.6. The Bertz CT molecular complexity index is 600. The standard InChI is InChI=1S/C12H21F3O2.C8H5F3O2/c1-2-3-4-5-6-7-8-9-10-17-11(16)12(13,14)15;9-8(10,11)7(12)13-6-4-2-1-3-5-6/h2-10H2,1H3;1-5H. The first-order valence-corrected chi connectivity index (χ1v) is 9.56. The highest BCUT2D eigenvalue weighted by atomic mass is 19.4. The Kier molecular flexibility index (Phi) is 13.6. The topological polar surface area (TPSA) is 52.6 Å². The SMILES string of the molecule is CCCCCCCCCCOC(=O)C(F)(F)F.O=C(Oc1ccccc1)C(F)(F)F. The molecule has 0 amide bonds. The molecule has 0 aliphatic rings. The molecule has 0 aliphatic carbocycles. The van der Waals surface area contributed by atoms with E-state index in [2.05, 4.69) is 16.4 Å². The van der Waals surface area contributed by atoms with Crippen LogP contribution in [-0.2, 0) is 14.3 Å². The van der Waals surface area contributed by atoms with Crippen molar-refractivity contribution >= 4 is 11.9 Å². The van der Waals surface area contributed by atoms with Gasteiger partial charge in [0.2, 0.25) is 0 Å². The van der Waals surface area contributed by atoms with Crippen LogP contribution in [0.3, 0.4) is 0 Å². The molecule has 0 fully saturated rings. The monoisotopic (exact) mass is 444 g/mol. The van der Waals surface area contributed by atoms with Crippen molar-refractivity contribution in [2.75, 3.05) is 6.61 Å². The molecule has 0 spiro atoms. The molecule has 0 aliphatic heterocycles. The number of alkyl halides is 6. The van der Waals surface area contributed by atoms with Gasteiger partial charge in [0, 0.05) is 0 Å². The minimum absolute atomic E-state index is 0.121. The Hall–Kier alpha value is -2.26. The van der Waals surface area contributed by atoms with Crippen molar-refractivity contribution < 1.29 is 45.4 Å². The van der Waals surface area contributed by atoms with Crippen LogP contribution in [0.25, 0.3) is 0 Å². The van der Waals surface area contributed by atoms with E-state index >= 15 is 0 Å². The zero-order valence-electron chi connectivity index (χ0n) is 16.7. The summed E-state index contributed by atoms with van der Waals surface area (Å²) < 4.78 is 78.3. The molecule has 0 heterocycles. The van der Waals surface area contributed by atoms with Gasteiger partial charge in [-0.3, -0.25) is 0 Å². The summed E-state index contributed by atoms with van der Waals surface area (Å²) in [5.41, 5.74) is 0. The van der Waals surface area contributed by atoms with Gasteiger partial charge in [-0.1, -0.05) is 70.1 Å². The zero-order chi connectivity index (χ0) is 23.0. The number of unbranched alkanes of at least 4 members (excludes halogenated alkanes) is 7. The van der Waals surface area contributed by atoms with E-state index in [0.717, 1.165) is 19.3 Å². The van der Waals surface area contributed by atoms with Crippen molar-refractivity contribution in [2.24, 2.45) is 0 Å². The van der Waals surface area contributed by atoms with Crippen LogP contribution in [0.4, 0.5) is 26.3 Å². The van der Waals surface area contributed by atoms with Crippen LogP contribution in [0.5, 0.6) is 5.75 Å². The van der Waals surface area contributed by atoms with E-state index in [9.17, 15) is 35.9 Å².